The van der Waals surface area contributed by atoms with Crippen LogP contribution in [0.5, 0.6) is 5.75 Å². The fraction of sp³-hybridized carbons (Fsp3) is 0.417. The summed E-state index contributed by atoms with van der Waals surface area (Å²) in [6, 6.07) is 1.30. The van der Waals surface area contributed by atoms with Crippen molar-refractivity contribution in [2.45, 2.75) is 56.3 Å². The van der Waals surface area contributed by atoms with E-state index >= 15 is 0 Å². The number of carbonyl (C=O) groups excluding carboxylic acids is 4. The molecule has 38 heavy (non-hydrogen) atoms. The fourth-order valence-corrected chi connectivity index (χ4v) is 4.24. The number of H-pyrrole nitrogens is 1. The van der Waals surface area contributed by atoms with Gasteiger partial charge in [-0.25, -0.2) is 9.78 Å². The van der Waals surface area contributed by atoms with Crippen molar-refractivity contribution in [3.05, 3.63) is 48.0 Å². The molecule has 4 amide bonds. The van der Waals surface area contributed by atoms with E-state index in [1.165, 1.54) is 29.6 Å². The molecule has 1 fully saturated rings. The van der Waals surface area contributed by atoms with Crippen molar-refractivity contribution in [3.63, 3.8) is 0 Å². The third-order valence-corrected chi connectivity index (χ3v) is 6.18. The predicted octanol–water partition coefficient (Wildman–Crippen LogP) is -1.85. The number of aromatic hydroxyl groups is 1. The monoisotopic (exact) mass is 529 g/mol. The van der Waals surface area contributed by atoms with Crippen LogP contribution in [0.4, 0.5) is 0 Å². The van der Waals surface area contributed by atoms with Crippen molar-refractivity contribution < 1.29 is 34.2 Å². The van der Waals surface area contributed by atoms with Crippen LogP contribution in [-0.2, 0) is 36.8 Å². The van der Waals surface area contributed by atoms with Gasteiger partial charge in [-0.05, 0) is 30.5 Å². The molecule has 0 aliphatic carbocycles. The van der Waals surface area contributed by atoms with Gasteiger partial charge in [0.15, 0.2) is 0 Å². The van der Waals surface area contributed by atoms with Crippen LogP contribution in [0.2, 0.25) is 0 Å². The molecule has 14 nitrogen and oxygen atoms in total. The van der Waals surface area contributed by atoms with Crippen LogP contribution in [0.15, 0.2) is 36.8 Å². The number of carboxylic acid groups (broad SMARTS) is 1. The number of nitrogens with zero attached hydrogens (tertiary/aromatic N) is 2. The highest BCUT2D eigenvalue weighted by Gasteiger charge is 2.38. The fourth-order valence-electron chi connectivity index (χ4n) is 4.24. The molecule has 0 radical (unpaired) electrons. The molecule has 1 aliphatic heterocycles. The number of phenols is 1. The summed E-state index contributed by atoms with van der Waals surface area (Å²) < 4.78 is 0. The van der Waals surface area contributed by atoms with Crippen molar-refractivity contribution in [3.8, 4) is 5.75 Å². The van der Waals surface area contributed by atoms with Gasteiger partial charge >= 0.3 is 5.97 Å². The van der Waals surface area contributed by atoms with Crippen LogP contribution in [-0.4, -0.2) is 85.4 Å². The van der Waals surface area contributed by atoms with Gasteiger partial charge in [0.1, 0.15) is 23.9 Å². The Morgan fingerprint density at radius 3 is 2.37 bits per heavy atom. The largest absolute Gasteiger partial charge is 0.508 e. The number of nitrogens with one attached hydrogen (secondary N) is 3. The lowest BCUT2D eigenvalue weighted by Crippen LogP contribution is -2.58. The Morgan fingerprint density at radius 1 is 1.08 bits per heavy atom. The highest BCUT2D eigenvalue weighted by molar-refractivity contribution is 5.95. The number of primary amides is 1. The number of nitrogens with two attached hydrogens (primary N) is 2. The Labute approximate surface area is 217 Å². The summed E-state index contributed by atoms with van der Waals surface area (Å²) in [4.78, 5) is 70.3. The minimum atomic E-state index is -1.29. The topological polar surface area (TPSA) is 234 Å². The maximum absolute atomic E-state index is 13.5. The number of aliphatic carboxylic acids is 1. The SMILES string of the molecule is NC(=O)CC(N)C(=O)NC(Cc1cnc[nH]1)C(=O)NC(Cc1ccc(O)cc1)C(=O)N1CCCC1C(=O)O. The number of benzene rings is 1. The van der Waals surface area contributed by atoms with E-state index in [0.717, 1.165) is 0 Å². The van der Waals surface area contributed by atoms with Gasteiger partial charge in [0.05, 0.1) is 18.8 Å². The zero-order valence-corrected chi connectivity index (χ0v) is 20.5. The average molecular weight is 530 g/mol. The van der Waals surface area contributed by atoms with E-state index in [-0.39, 0.29) is 31.6 Å². The first-order chi connectivity index (χ1) is 18.0. The van der Waals surface area contributed by atoms with Crippen LogP contribution in [0.3, 0.4) is 0 Å². The molecule has 14 heteroatoms. The van der Waals surface area contributed by atoms with E-state index in [9.17, 15) is 34.2 Å². The Bertz CT molecular complexity index is 1150. The number of hydrogen-bond donors (Lipinski definition) is 7. The summed E-state index contributed by atoms with van der Waals surface area (Å²) in [7, 11) is 0. The van der Waals surface area contributed by atoms with Gasteiger partial charge in [0, 0.05) is 31.3 Å². The summed E-state index contributed by atoms with van der Waals surface area (Å²) in [6.07, 6.45) is 3.16. The zero-order chi connectivity index (χ0) is 27.8. The number of aromatic nitrogens is 2. The van der Waals surface area contributed by atoms with Crippen LogP contribution in [0.25, 0.3) is 0 Å². The molecule has 2 heterocycles. The number of likely N-dealkylation sites (tertiary alicyclic amines) is 1. The minimum absolute atomic E-state index is 0.000391. The second kappa shape index (κ2) is 12.7. The second-order valence-electron chi connectivity index (χ2n) is 9.08. The molecular weight excluding hydrogens is 498 g/mol. The first-order valence-corrected chi connectivity index (χ1v) is 12.0. The van der Waals surface area contributed by atoms with Crippen molar-refractivity contribution in [1.29, 1.82) is 0 Å². The van der Waals surface area contributed by atoms with E-state index in [4.69, 9.17) is 11.5 Å². The maximum atomic E-state index is 13.5. The molecule has 0 bridgehead atoms. The molecule has 3 rings (SSSR count). The standard InChI is InChI=1S/C24H31N7O7/c25-16(10-20(26)33)21(34)29-17(9-14-11-27-12-28-14)22(35)30-18(8-13-3-5-15(32)6-4-13)23(36)31-7-1-2-19(31)24(37)38/h3-6,11-12,16-19,32H,1-2,7-10,25H2,(H2,26,33)(H,27,28)(H,29,34)(H,30,35)(H,37,38). The molecule has 9 N–H and O–H groups in total. The van der Waals surface area contributed by atoms with E-state index in [1.807, 2.05) is 0 Å². The summed E-state index contributed by atoms with van der Waals surface area (Å²) in [5.74, 6) is -4.04. The van der Waals surface area contributed by atoms with Crippen molar-refractivity contribution in [1.82, 2.24) is 25.5 Å². The first-order valence-electron chi connectivity index (χ1n) is 12.0. The molecule has 4 unspecified atom stereocenters. The zero-order valence-electron chi connectivity index (χ0n) is 20.5. The van der Waals surface area contributed by atoms with Crippen molar-refractivity contribution in [2.24, 2.45) is 11.5 Å². The van der Waals surface area contributed by atoms with Gasteiger partial charge in [-0.3, -0.25) is 19.2 Å². The van der Waals surface area contributed by atoms with E-state index in [0.29, 0.717) is 17.7 Å². The average Bonchev–Trinajstić information content (AvgIpc) is 3.56. The molecular formula is C24H31N7O7. The van der Waals surface area contributed by atoms with E-state index in [2.05, 4.69) is 20.6 Å². The first kappa shape index (κ1) is 28.1. The Balaban J connectivity index is 1.84. The van der Waals surface area contributed by atoms with Crippen LogP contribution >= 0.6 is 0 Å². The van der Waals surface area contributed by atoms with Gasteiger partial charge < -0.3 is 42.2 Å². The van der Waals surface area contributed by atoms with Gasteiger partial charge in [0.2, 0.25) is 23.6 Å². The lowest BCUT2D eigenvalue weighted by atomic mass is 10.0. The molecule has 1 aromatic carbocycles. The van der Waals surface area contributed by atoms with Gasteiger partial charge in [-0.15, -0.1) is 0 Å². The molecule has 1 aromatic heterocycles. The van der Waals surface area contributed by atoms with Crippen molar-refractivity contribution >= 4 is 29.6 Å². The van der Waals surface area contributed by atoms with E-state index in [1.54, 1.807) is 12.1 Å². The number of hydrogen-bond acceptors (Lipinski definition) is 8. The molecule has 0 spiro atoms. The van der Waals surface area contributed by atoms with Crippen LogP contribution in [0, 0.1) is 0 Å². The number of aromatic amines is 1. The molecule has 0 saturated carbocycles. The van der Waals surface area contributed by atoms with Crippen molar-refractivity contribution in [2.75, 3.05) is 6.54 Å². The molecule has 1 aliphatic rings. The van der Waals surface area contributed by atoms with Gasteiger partial charge in [0.25, 0.3) is 0 Å². The number of carboxylic acids is 1. The lowest BCUT2D eigenvalue weighted by Gasteiger charge is -2.29. The second-order valence-corrected chi connectivity index (χ2v) is 9.08. The molecule has 1 saturated heterocycles. The van der Waals surface area contributed by atoms with E-state index < -0.39 is 60.2 Å². The van der Waals surface area contributed by atoms with Gasteiger partial charge in [-0.2, -0.15) is 0 Å². The highest BCUT2D eigenvalue weighted by atomic mass is 16.4. The Kier molecular flexibility index (Phi) is 9.38. The highest BCUT2D eigenvalue weighted by Crippen LogP contribution is 2.20. The Morgan fingerprint density at radius 2 is 1.76 bits per heavy atom. The minimum Gasteiger partial charge on any atom is -0.508 e. The number of rotatable bonds is 12. The number of phenolic OH excluding ortho intramolecular Hbond substituents is 1. The smallest absolute Gasteiger partial charge is 0.326 e. The number of imidazole rings is 1. The summed E-state index contributed by atoms with van der Waals surface area (Å²) >= 11 is 0. The molecule has 2 aromatic rings. The normalized spacial score (nSPS) is 17.3. The summed E-state index contributed by atoms with van der Waals surface area (Å²) in [5.41, 5.74) is 11.9. The van der Waals surface area contributed by atoms with Gasteiger partial charge in [-0.1, -0.05) is 12.1 Å². The van der Waals surface area contributed by atoms with Crippen LogP contribution in [0.1, 0.15) is 30.5 Å². The third kappa shape index (κ3) is 7.52. The summed E-state index contributed by atoms with van der Waals surface area (Å²) in [5, 5.41) is 24.3. The molecule has 204 valence electrons. The number of carbonyl (C=O) groups is 5. The third-order valence-electron chi connectivity index (χ3n) is 6.18. The predicted molar refractivity (Wildman–Crippen MR) is 132 cm³/mol. The van der Waals surface area contributed by atoms with Crippen LogP contribution < -0.4 is 22.1 Å². The Hall–Kier alpha value is -4.46. The quantitative estimate of drug-likeness (QED) is 0.163. The summed E-state index contributed by atoms with van der Waals surface area (Å²) in [6.45, 7) is 0.216. The maximum Gasteiger partial charge on any atom is 0.326 e. The number of amides is 4. The lowest BCUT2D eigenvalue weighted by molar-refractivity contribution is -0.149. The molecule has 4 atom stereocenters.